The van der Waals surface area contributed by atoms with E-state index in [-0.39, 0.29) is 11.8 Å². The topological polar surface area (TPSA) is 75.4 Å². The summed E-state index contributed by atoms with van der Waals surface area (Å²) in [6.07, 6.45) is 0. The molecule has 112 valence electrons. The number of nitrogens with one attached hydrogen (secondary N) is 1. The van der Waals surface area contributed by atoms with E-state index in [2.05, 4.69) is 17.2 Å². The highest BCUT2D eigenvalue weighted by molar-refractivity contribution is 7.14. The summed E-state index contributed by atoms with van der Waals surface area (Å²) in [5, 5.41) is 2.79. The van der Waals surface area contributed by atoms with Crippen molar-refractivity contribution in [1.29, 1.82) is 0 Å². The molecular weight excluding hydrogens is 286 g/mol. The van der Waals surface area contributed by atoms with Gasteiger partial charge in [-0.05, 0) is 32.4 Å². The Morgan fingerprint density at radius 2 is 2.29 bits per heavy atom. The number of amides is 2. The molecule has 1 aliphatic heterocycles. The van der Waals surface area contributed by atoms with Gasteiger partial charge in [-0.3, -0.25) is 9.59 Å². The smallest absolute Gasteiger partial charge is 0.264 e. The Morgan fingerprint density at radius 1 is 1.57 bits per heavy atom. The quantitative estimate of drug-likeness (QED) is 0.751. The van der Waals surface area contributed by atoms with Crippen LogP contribution in [0, 0.1) is 18.8 Å². The first-order valence-corrected chi connectivity index (χ1v) is 7.59. The maximum atomic E-state index is 12.7. The number of piperazine rings is 1. The Bertz CT molecular complexity index is 637. The largest absolute Gasteiger partial charge is 0.352 e. The van der Waals surface area contributed by atoms with Crippen molar-refractivity contribution in [2.75, 3.05) is 19.6 Å². The molecule has 0 spiro atoms. The maximum Gasteiger partial charge on any atom is 0.264 e. The van der Waals surface area contributed by atoms with Crippen molar-refractivity contribution in [2.45, 2.75) is 26.3 Å². The van der Waals surface area contributed by atoms with Gasteiger partial charge >= 0.3 is 0 Å². The molecule has 2 heterocycles. The highest BCUT2D eigenvalue weighted by Crippen LogP contribution is 2.26. The summed E-state index contributed by atoms with van der Waals surface area (Å²) in [7, 11) is 0. The molecule has 1 aromatic heterocycles. The third-order valence-corrected chi connectivity index (χ3v) is 4.67. The van der Waals surface area contributed by atoms with Gasteiger partial charge in [0.1, 0.15) is 5.54 Å². The van der Waals surface area contributed by atoms with Crippen molar-refractivity contribution in [1.82, 2.24) is 10.2 Å². The molecule has 0 saturated carbocycles. The van der Waals surface area contributed by atoms with E-state index in [1.165, 1.54) is 11.3 Å². The summed E-state index contributed by atoms with van der Waals surface area (Å²) in [5.74, 6) is 5.53. The first kappa shape index (κ1) is 15.5. The zero-order valence-electron chi connectivity index (χ0n) is 12.4. The van der Waals surface area contributed by atoms with Crippen LogP contribution < -0.4 is 11.1 Å². The molecule has 3 N–H and O–H groups in total. The van der Waals surface area contributed by atoms with Gasteiger partial charge in [0.25, 0.3) is 5.91 Å². The lowest BCUT2D eigenvalue weighted by Crippen LogP contribution is -2.63. The van der Waals surface area contributed by atoms with Gasteiger partial charge in [0.2, 0.25) is 5.91 Å². The molecule has 0 bridgehead atoms. The van der Waals surface area contributed by atoms with Gasteiger partial charge in [0, 0.05) is 13.1 Å². The van der Waals surface area contributed by atoms with Crippen LogP contribution in [-0.4, -0.2) is 41.9 Å². The molecule has 2 rings (SSSR count). The Hall–Kier alpha value is -1.84. The molecule has 0 radical (unpaired) electrons. The molecule has 21 heavy (non-hydrogen) atoms. The van der Waals surface area contributed by atoms with Crippen LogP contribution in [0.2, 0.25) is 0 Å². The lowest BCUT2D eigenvalue weighted by Gasteiger charge is -2.40. The third-order valence-electron chi connectivity index (χ3n) is 3.53. The van der Waals surface area contributed by atoms with Gasteiger partial charge in [0.15, 0.2) is 0 Å². The van der Waals surface area contributed by atoms with Crippen molar-refractivity contribution in [3.8, 4) is 11.8 Å². The van der Waals surface area contributed by atoms with Gasteiger partial charge in [0.05, 0.1) is 16.3 Å². The highest BCUT2D eigenvalue weighted by Gasteiger charge is 2.41. The number of hydrogen-bond acceptors (Lipinski definition) is 4. The van der Waals surface area contributed by atoms with E-state index in [9.17, 15) is 9.59 Å². The van der Waals surface area contributed by atoms with Crippen molar-refractivity contribution >= 4 is 23.2 Å². The first-order chi connectivity index (χ1) is 9.87. The predicted molar refractivity (Wildman–Crippen MR) is 83.1 cm³/mol. The molecule has 5 nitrogen and oxygen atoms in total. The second kappa shape index (κ2) is 5.88. The van der Waals surface area contributed by atoms with Gasteiger partial charge in [-0.25, -0.2) is 0 Å². The highest BCUT2D eigenvalue weighted by atomic mass is 32.1. The molecule has 0 aromatic carbocycles. The number of hydrogen-bond donors (Lipinski definition) is 2. The Morgan fingerprint density at radius 3 is 2.95 bits per heavy atom. The van der Waals surface area contributed by atoms with Crippen LogP contribution in [0.3, 0.4) is 0 Å². The Balaban J connectivity index is 2.30. The van der Waals surface area contributed by atoms with Gasteiger partial charge in [-0.15, -0.1) is 11.3 Å². The fourth-order valence-corrected chi connectivity index (χ4v) is 3.23. The van der Waals surface area contributed by atoms with E-state index in [1.807, 2.05) is 13.0 Å². The normalized spacial score (nSPS) is 17.0. The van der Waals surface area contributed by atoms with Crippen LogP contribution in [0.15, 0.2) is 6.07 Å². The van der Waals surface area contributed by atoms with Crippen molar-refractivity contribution in [2.24, 2.45) is 5.73 Å². The molecule has 1 fully saturated rings. The number of nitrogens with two attached hydrogens (primary N) is 1. The minimum absolute atomic E-state index is 0.122. The summed E-state index contributed by atoms with van der Waals surface area (Å²) < 4.78 is 0. The van der Waals surface area contributed by atoms with E-state index in [0.29, 0.717) is 24.5 Å². The predicted octanol–water partition coefficient (Wildman–Crippen LogP) is 0.717. The van der Waals surface area contributed by atoms with Crippen LogP contribution in [-0.2, 0) is 4.79 Å². The summed E-state index contributed by atoms with van der Waals surface area (Å²) in [4.78, 5) is 27.7. The summed E-state index contributed by atoms with van der Waals surface area (Å²) in [5.41, 5.74) is 5.50. The molecule has 1 aromatic rings. The lowest BCUT2D eigenvalue weighted by molar-refractivity contribution is -0.133. The van der Waals surface area contributed by atoms with Crippen LogP contribution >= 0.6 is 11.3 Å². The fourth-order valence-electron chi connectivity index (χ4n) is 2.23. The number of carbonyl (C=O) groups is 2. The molecule has 2 amide bonds. The number of rotatable bonds is 1. The van der Waals surface area contributed by atoms with E-state index >= 15 is 0 Å². The number of aryl methyl sites for hydroxylation is 1. The zero-order chi connectivity index (χ0) is 15.6. The van der Waals surface area contributed by atoms with Crippen molar-refractivity contribution in [3.63, 3.8) is 0 Å². The molecule has 0 aliphatic carbocycles. The van der Waals surface area contributed by atoms with Crippen LogP contribution in [0.1, 0.15) is 34.0 Å². The third kappa shape index (κ3) is 2.94. The lowest BCUT2D eigenvalue weighted by atomic mass is 9.98. The average molecular weight is 305 g/mol. The number of nitrogens with zero attached hydrogens (tertiary/aromatic N) is 1. The second-order valence-corrected chi connectivity index (χ2v) is 6.45. The monoisotopic (exact) mass is 305 g/mol. The minimum atomic E-state index is -0.837. The molecule has 1 saturated heterocycles. The van der Waals surface area contributed by atoms with Gasteiger partial charge < -0.3 is 16.0 Å². The summed E-state index contributed by atoms with van der Waals surface area (Å²) in [6.45, 7) is 6.72. The van der Waals surface area contributed by atoms with Crippen LogP contribution in [0.4, 0.5) is 0 Å². The van der Waals surface area contributed by atoms with Crippen molar-refractivity contribution < 1.29 is 9.59 Å². The van der Waals surface area contributed by atoms with E-state index < -0.39 is 5.54 Å². The average Bonchev–Trinajstić information content (AvgIpc) is 2.80. The summed E-state index contributed by atoms with van der Waals surface area (Å²) in [6, 6.07) is 1.83. The van der Waals surface area contributed by atoms with Gasteiger partial charge in [-0.1, -0.05) is 11.8 Å². The second-order valence-electron chi connectivity index (χ2n) is 5.40. The molecule has 0 atom stereocenters. The minimum Gasteiger partial charge on any atom is -0.352 e. The SMILES string of the molecule is Cc1cc(C(=O)N2CCNC(=O)C2(C)C)sc1C#CCN. The molecule has 6 heteroatoms. The molecule has 0 unspecified atom stereocenters. The van der Waals surface area contributed by atoms with E-state index in [1.54, 1.807) is 18.7 Å². The zero-order valence-corrected chi connectivity index (χ0v) is 13.3. The van der Waals surface area contributed by atoms with Gasteiger partial charge in [-0.2, -0.15) is 0 Å². The Labute approximate surface area is 128 Å². The number of carbonyl (C=O) groups excluding carboxylic acids is 2. The van der Waals surface area contributed by atoms with E-state index in [4.69, 9.17) is 5.73 Å². The van der Waals surface area contributed by atoms with Crippen LogP contribution in [0.5, 0.6) is 0 Å². The standard InChI is InChI=1S/C15H19N3O2S/c1-10-9-12(21-11(10)5-4-6-16)13(19)18-8-7-17-14(20)15(18,2)3/h9H,6-8,16H2,1-3H3,(H,17,20). The van der Waals surface area contributed by atoms with E-state index in [0.717, 1.165) is 10.4 Å². The summed E-state index contributed by atoms with van der Waals surface area (Å²) >= 11 is 1.35. The molecular formula is C15H19N3O2S. The van der Waals surface area contributed by atoms with Crippen LogP contribution in [0.25, 0.3) is 0 Å². The fraction of sp³-hybridized carbons (Fsp3) is 0.467. The Kier molecular flexibility index (Phi) is 4.35. The molecule has 1 aliphatic rings. The first-order valence-electron chi connectivity index (χ1n) is 6.77. The number of thiophene rings is 1. The maximum absolute atomic E-state index is 12.7. The van der Waals surface area contributed by atoms with Crippen molar-refractivity contribution in [3.05, 3.63) is 21.4 Å².